The van der Waals surface area contributed by atoms with E-state index in [2.05, 4.69) is 10.3 Å². The lowest BCUT2D eigenvalue weighted by Crippen LogP contribution is -2.10. The van der Waals surface area contributed by atoms with Gasteiger partial charge >= 0.3 is 0 Å². The van der Waals surface area contributed by atoms with E-state index < -0.39 is 16.5 Å². The van der Waals surface area contributed by atoms with Crippen molar-refractivity contribution in [3.8, 4) is 0 Å². The van der Waals surface area contributed by atoms with E-state index in [-0.39, 0.29) is 10.6 Å². The van der Waals surface area contributed by atoms with Crippen molar-refractivity contribution in [3.63, 3.8) is 0 Å². The lowest BCUT2D eigenvalue weighted by molar-refractivity contribution is 0.579. The molecule has 0 aliphatic rings. The minimum absolute atomic E-state index is 0.103. The number of hydrogen-bond acceptors (Lipinski definition) is 3. The number of halogens is 1. The highest BCUT2D eigenvalue weighted by Crippen LogP contribution is 2.24. The van der Waals surface area contributed by atoms with Crippen molar-refractivity contribution in [2.24, 2.45) is 4.99 Å². The van der Waals surface area contributed by atoms with Gasteiger partial charge in [0.25, 0.3) is 0 Å². The van der Waals surface area contributed by atoms with Gasteiger partial charge < -0.3 is 5.32 Å². The molecule has 0 saturated carbocycles. The summed E-state index contributed by atoms with van der Waals surface area (Å²) in [4.78, 5) is 3.85. The molecule has 0 bridgehead atoms. The monoisotopic (exact) mass is 306 g/mol. The van der Waals surface area contributed by atoms with Crippen LogP contribution in [0.5, 0.6) is 0 Å². The lowest BCUT2D eigenvalue weighted by atomic mass is 10.3. The summed E-state index contributed by atoms with van der Waals surface area (Å²) in [5.74, 6) is -0.229. The Hall–Kier alpha value is -2.21. The summed E-state index contributed by atoms with van der Waals surface area (Å²) < 4.78 is 36.0. The predicted octanol–water partition coefficient (Wildman–Crippen LogP) is 3.35. The number of anilines is 1. The quantitative estimate of drug-likeness (QED) is 0.517. The second-order valence-corrected chi connectivity index (χ2v) is 5.23. The number of thiol groups is 1. The number of rotatable bonds is 4. The SMILES string of the molecule is CC/C(=N/c1cccc(F)c1[SH](=O)=O)Nc1ccccc1. The first kappa shape index (κ1) is 15.2. The first-order valence-corrected chi connectivity index (χ1v) is 7.62. The molecule has 0 saturated heterocycles. The zero-order valence-electron chi connectivity index (χ0n) is 11.4. The van der Waals surface area contributed by atoms with E-state index in [1.165, 1.54) is 12.1 Å². The first-order valence-electron chi connectivity index (χ1n) is 6.44. The van der Waals surface area contributed by atoms with Crippen LogP contribution in [0.2, 0.25) is 0 Å². The highest BCUT2D eigenvalue weighted by atomic mass is 32.2. The average Bonchev–Trinajstić information content (AvgIpc) is 2.47. The van der Waals surface area contributed by atoms with Crippen molar-refractivity contribution in [2.45, 2.75) is 18.2 Å². The maximum Gasteiger partial charge on any atom is 0.173 e. The number of para-hydroxylation sites is 1. The molecule has 0 spiro atoms. The van der Waals surface area contributed by atoms with Gasteiger partial charge in [-0.25, -0.2) is 17.8 Å². The zero-order chi connectivity index (χ0) is 15.2. The van der Waals surface area contributed by atoms with Gasteiger partial charge in [-0.3, -0.25) is 0 Å². The molecule has 2 aromatic rings. The zero-order valence-corrected chi connectivity index (χ0v) is 12.3. The summed E-state index contributed by atoms with van der Waals surface area (Å²) >= 11 is 0. The Bertz CT molecular complexity index is 720. The molecular formula is C15H15FN2O2S. The molecule has 0 fully saturated rings. The molecule has 21 heavy (non-hydrogen) atoms. The highest BCUT2D eigenvalue weighted by molar-refractivity contribution is 7.72. The third-order valence-corrected chi connectivity index (χ3v) is 3.61. The molecular weight excluding hydrogens is 291 g/mol. The van der Waals surface area contributed by atoms with E-state index in [0.29, 0.717) is 12.3 Å². The molecule has 6 heteroatoms. The van der Waals surface area contributed by atoms with Crippen molar-refractivity contribution in [1.29, 1.82) is 0 Å². The van der Waals surface area contributed by atoms with Gasteiger partial charge in [0.05, 0.1) is 5.69 Å². The van der Waals surface area contributed by atoms with Crippen LogP contribution in [0.3, 0.4) is 0 Å². The molecule has 2 rings (SSSR count). The molecule has 4 nitrogen and oxygen atoms in total. The minimum Gasteiger partial charge on any atom is -0.344 e. The topological polar surface area (TPSA) is 58.5 Å². The van der Waals surface area contributed by atoms with Crippen molar-refractivity contribution in [3.05, 3.63) is 54.3 Å². The van der Waals surface area contributed by atoms with Gasteiger partial charge in [-0.15, -0.1) is 0 Å². The molecule has 0 heterocycles. The Balaban J connectivity index is 2.39. The number of benzene rings is 2. The van der Waals surface area contributed by atoms with Gasteiger partial charge in [0, 0.05) is 12.1 Å². The van der Waals surface area contributed by atoms with Crippen LogP contribution in [0.4, 0.5) is 15.8 Å². The minimum atomic E-state index is -3.04. The van der Waals surface area contributed by atoms with Crippen molar-refractivity contribution in [2.75, 3.05) is 5.32 Å². The highest BCUT2D eigenvalue weighted by Gasteiger charge is 2.11. The van der Waals surface area contributed by atoms with E-state index in [4.69, 9.17) is 0 Å². The number of nitrogens with one attached hydrogen (secondary N) is 1. The van der Waals surface area contributed by atoms with Gasteiger partial charge in [0.2, 0.25) is 0 Å². The van der Waals surface area contributed by atoms with Crippen LogP contribution in [0.25, 0.3) is 0 Å². The second kappa shape index (κ2) is 6.99. The number of nitrogens with zero attached hydrogens (tertiary/aromatic N) is 1. The maximum absolute atomic E-state index is 13.6. The summed E-state index contributed by atoms with van der Waals surface area (Å²) in [5, 5.41) is 3.09. The van der Waals surface area contributed by atoms with Crippen LogP contribution in [-0.4, -0.2) is 14.3 Å². The van der Waals surface area contributed by atoms with E-state index in [1.807, 2.05) is 37.3 Å². The Morgan fingerprint density at radius 3 is 2.48 bits per heavy atom. The summed E-state index contributed by atoms with van der Waals surface area (Å²) in [5.41, 5.74) is 0.939. The van der Waals surface area contributed by atoms with Crippen LogP contribution in [0.1, 0.15) is 13.3 Å². The molecule has 1 N–H and O–H groups in total. The fourth-order valence-corrected chi connectivity index (χ4v) is 2.36. The van der Waals surface area contributed by atoms with E-state index in [1.54, 1.807) is 0 Å². The van der Waals surface area contributed by atoms with Crippen molar-refractivity contribution < 1.29 is 12.8 Å². The van der Waals surface area contributed by atoms with Gasteiger partial charge in [-0.2, -0.15) is 0 Å². The normalized spacial score (nSPS) is 11.7. The molecule has 0 amide bonds. The molecule has 0 aromatic heterocycles. The largest absolute Gasteiger partial charge is 0.344 e. The maximum atomic E-state index is 13.6. The Morgan fingerprint density at radius 1 is 1.14 bits per heavy atom. The lowest BCUT2D eigenvalue weighted by Gasteiger charge is -2.09. The van der Waals surface area contributed by atoms with Crippen LogP contribution in [0.15, 0.2) is 58.4 Å². The van der Waals surface area contributed by atoms with E-state index in [9.17, 15) is 12.8 Å². The smallest absolute Gasteiger partial charge is 0.173 e. The van der Waals surface area contributed by atoms with Gasteiger partial charge in [0.15, 0.2) is 10.7 Å². The standard InChI is InChI=1S/C15H15FN2O2S/c1-2-14(17-11-7-4-3-5-8-11)18-13-10-6-9-12(16)15(13)21(19)20/h3-10,21H,2H2,1H3,(H,17,18). The Morgan fingerprint density at radius 2 is 1.86 bits per heavy atom. The fraction of sp³-hybridized carbons (Fsp3) is 0.133. The molecule has 0 atom stereocenters. The number of aliphatic imine (C=N–C) groups is 1. The Kier molecular flexibility index (Phi) is 5.05. The molecule has 0 aliphatic heterocycles. The van der Waals surface area contributed by atoms with Gasteiger partial charge in [-0.05, 0) is 24.3 Å². The van der Waals surface area contributed by atoms with Crippen LogP contribution in [0, 0.1) is 5.82 Å². The summed E-state index contributed by atoms with van der Waals surface area (Å²) in [6.45, 7) is 1.88. The van der Waals surface area contributed by atoms with Crippen molar-refractivity contribution in [1.82, 2.24) is 0 Å². The molecule has 0 radical (unpaired) electrons. The summed E-state index contributed by atoms with van der Waals surface area (Å²) in [7, 11) is -3.04. The Labute approximate surface area is 124 Å². The first-order chi connectivity index (χ1) is 10.1. The molecule has 0 unspecified atom stereocenters. The molecule has 0 aliphatic carbocycles. The third kappa shape index (κ3) is 3.88. The van der Waals surface area contributed by atoms with E-state index in [0.717, 1.165) is 11.8 Å². The number of hydrogen-bond donors (Lipinski definition) is 2. The van der Waals surface area contributed by atoms with Crippen LogP contribution in [-0.2, 0) is 10.7 Å². The molecule has 110 valence electrons. The van der Waals surface area contributed by atoms with Gasteiger partial charge in [0.1, 0.15) is 16.5 Å². The summed E-state index contributed by atoms with van der Waals surface area (Å²) in [6.07, 6.45) is 0.556. The predicted molar refractivity (Wildman–Crippen MR) is 82.4 cm³/mol. The van der Waals surface area contributed by atoms with Crippen LogP contribution < -0.4 is 5.32 Å². The summed E-state index contributed by atoms with van der Waals surface area (Å²) in [6, 6.07) is 13.4. The molecule has 2 aromatic carbocycles. The van der Waals surface area contributed by atoms with Crippen molar-refractivity contribution >= 4 is 27.9 Å². The van der Waals surface area contributed by atoms with Gasteiger partial charge in [-0.1, -0.05) is 31.2 Å². The third-order valence-electron chi connectivity index (χ3n) is 2.80. The fourth-order valence-electron chi connectivity index (χ4n) is 1.80. The van der Waals surface area contributed by atoms with E-state index >= 15 is 0 Å². The van der Waals surface area contributed by atoms with Crippen LogP contribution >= 0.6 is 0 Å². The number of amidine groups is 1. The second-order valence-electron chi connectivity index (χ2n) is 4.27. The average molecular weight is 306 g/mol.